The van der Waals surface area contributed by atoms with E-state index in [9.17, 15) is 5.11 Å². The number of aromatic hydroxyl groups is 1. The Bertz CT molecular complexity index is 336. The van der Waals surface area contributed by atoms with E-state index in [0.717, 1.165) is 11.1 Å². The van der Waals surface area contributed by atoms with E-state index in [1.807, 2.05) is 19.9 Å². The first kappa shape index (κ1) is 10.8. The molecule has 1 aromatic carbocycles. The van der Waals surface area contributed by atoms with E-state index in [-0.39, 0.29) is 6.61 Å². The Morgan fingerprint density at radius 1 is 1.36 bits per heavy atom. The van der Waals surface area contributed by atoms with E-state index in [4.69, 9.17) is 5.11 Å². The van der Waals surface area contributed by atoms with E-state index in [1.54, 1.807) is 12.1 Å². The number of phenolic OH excluding ortho intramolecular Hbond substituents is 1. The highest BCUT2D eigenvalue weighted by Crippen LogP contribution is 2.19. The molecule has 0 heterocycles. The molecule has 0 unspecified atom stereocenters. The first-order chi connectivity index (χ1) is 6.63. The normalized spacial score (nSPS) is 9.93. The van der Waals surface area contributed by atoms with Crippen LogP contribution in [0.3, 0.4) is 0 Å². The largest absolute Gasteiger partial charge is 0.508 e. The van der Waals surface area contributed by atoms with Gasteiger partial charge in [-0.25, -0.2) is 0 Å². The minimum Gasteiger partial charge on any atom is -0.508 e. The van der Waals surface area contributed by atoms with Gasteiger partial charge in [-0.15, -0.1) is 0 Å². The van der Waals surface area contributed by atoms with Crippen LogP contribution >= 0.6 is 0 Å². The fraction of sp³-hybridized carbons (Fsp3) is 0.333. The van der Waals surface area contributed by atoms with Crippen molar-refractivity contribution in [1.29, 1.82) is 0 Å². The average Bonchev–Trinajstić information content (AvgIpc) is 2.16. The number of aliphatic hydroxyl groups excluding tert-OH is 1. The Morgan fingerprint density at radius 3 is 2.64 bits per heavy atom. The molecule has 0 aliphatic heterocycles. The van der Waals surface area contributed by atoms with Crippen LogP contribution in [0, 0.1) is 0 Å². The topological polar surface area (TPSA) is 40.5 Å². The highest BCUT2D eigenvalue weighted by Gasteiger charge is 2.00. The van der Waals surface area contributed by atoms with Crippen molar-refractivity contribution in [3.05, 3.63) is 41.0 Å². The second kappa shape index (κ2) is 4.82. The Morgan fingerprint density at radius 2 is 2.07 bits per heavy atom. The Hall–Kier alpha value is -1.28. The molecule has 0 bridgehead atoms. The minimum atomic E-state index is 0.0160. The highest BCUT2D eigenvalue weighted by atomic mass is 16.3. The van der Waals surface area contributed by atoms with Crippen LogP contribution in [-0.4, -0.2) is 10.2 Å². The minimum absolute atomic E-state index is 0.0160. The maximum atomic E-state index is 9.53. The fourth-order valence-electron chi connectivity index (χ4n) is 1.21. The van der Waals surface area contributed by atoms with Crippen molar-refractivity contribution >= 4 is 0 Å². The molecule has 0 radical (unpaired) electrons. The molecule has 0 amide bonds. The monoisotopic (exact) mass is 192 g/mol. The molecule has 0 aliphatic rings. The Labute approximate surface area is 84.5 Å². The number of benzene rings is 1. The second-order valence-electron chi connectivity index (χ2n) is 3.61. The van der Waals surface area contributed by atoms with E-state index in [0.29, 0.717) is 12.2 Å². The molecule has 0 fully saturated rings. The zero-order valence-corrected chi connectivity index (χ0v) is 8.62. The lowest BCUT2D eigenvalue weighted by molar-refractivity contribution is 0.281. The summed E-state index contributed by atoms with van der Waals surface area (Å²) in [4.78, 5) is 0. The summed E-state index contributed by atoms with van der Waals surface area (Å²) < 4.78 is 0. The van der Waals surface area contributed by atoms with Crippen molar-refractivity contribution in [2.75, 3.05) is 0 Å². The van der Waals surface area contributed by atoms with Gasteiger partial charge < -0.3 is 10.2 Å². The molecule has 0 atom stereocenters. The number of phenols is 1. The molecule has 1 aromatic rings. The van der Waals surface area contributed by atoms with Gasteiger partial charge in [0, 0.05) is 0 Å². The summed E-state index contributed by atoms with van der Waals surface area (Å²) in [6.07, 6.45) is 2.76. The third-order valence-electron chi connectivity index (χ3n) is 2.06. The summed E-state index contributed by atoms with van der Waals surface area (Å²) in [5, 5.41) is 18.5. The third-order valence-corrected chi connectivity index (χ3v) is 2.06. The molecule has 0 saturated carbocycles. The third kappa shape index (κ3) is 2.89. The first-order valence-electron chi connectivity index (χ1n) is 4.68. The van der Waals surface area contributed by atoms with Crippen LogP contribution in [0.2, 0.25) is 0 Å². The standard InChI is InChI=1S/C12H16O2/c1-9(2)3-5-11-7-10(8-13)4-6-12(11)14/h3-4,6-7,13-14H,5,8H2,1-2H3. The molecule has 76 valence electrons. The lowest BCUT2D eigenvalue weighted by Gasteiger charge is -2.04. The number of hydrogen-bond acceptors (Lipinski definition) is 2. The van der Waals surface area contributed by atoms with Crippen LogP contribution in [0.1, 0.15) is 25.0 Å². The molecule has 0 spiro atoms. The van der Waals surface area contributed by atoms with Gasteiger partial charge >= 0.3 is 0 Å². The van der Waals surface area contributed by atoms with E-state index in [1.165, 1.54) is 5.57 Å². The zero-order valence-electron chi connectivity index (χ0n) is 8.62. The summed E-state index contributed by atoms with van der Waals surface area (Å²) in [6, 6.07) is 5.18. The summed E-state index contributed by atoms with van der Waals surface area (Å²) in [6.45, 7) is 4.06. The molecule has 2 N–H and O–H groups in total. The Balaban J connectivity index is 2.89. The highest BCUT2D eigenvalue weighted by molar-refractivity contribution is 5.37. The van der Waals surface area contributed by atoms with Gasteiger partial charge in [0.05, 0.1) is 6.61 Å². The van der Waals surface area contributed by atoms with Crippen LogP contribution < -0.4 is 0 Å². The van der Waals surface area contributed by atoms with Crippen molar-refractivity contribution in [3.8, 4) is 5.75 Å². The lowest BCUT2D eigenvalue weighted by Crippen LogP contribution is -1.88. The van der Waals surface area contributed by atoms with E-state index in [2.05, 4.69) is 6.08 Å². The maximum absolute atomic E-state index is 9.53. The Kier molecular flexibility index (Phi) is 3.72. The molecule has 0 aromatic heterocycles. The zero-order chi connectivity index (χ0) is 10.6. The fourth-order valence-corrected chi connectivity index (χ4v) is 1.21. The van der Waals surface area contributed by atoms with Gasteiger partial charge in [-0.3, -0.25) is 0 Å². The summed E-state index contributed by atoms with van der Waals surface area (Å²) >= 11 is 0. The van der Waals surface area contributed by atoms with Crippen LogP contribution in [0.25, 0.3) is 0 Å². The SMILES string of the molecule is CC(C)=CCc1cc(CO)ccc1O. The maximum Gasteiger partial charge on any atom is 0.119 e. The smallest absolute Gasteiger partial charge is 0.119 e. The van der Waals surface area contributed by atoms with Gasteiger partial charge in [-0.2, -0.15) is 0 Å². The second-order valence-corrected chi connectivity index (χ2v) is 3.61. The van der Waals surface area contributed by atoms with Gasteiger partial charge in [-0.1, -0.05) is 17.7 Å². The summed E-state index contributed by atoms with van der Waals surface area (Å²) in [7, 11) is 0. The number of rotatable bonds is 3. The number of allylic oxidation sites excluding steroid dienone is 2. The quantitative estimate of drug-likeness (QED) is 0.722. The molecular weight excluding hydrogens is 176 g/mol. The molecule has 1 rings (SSSR count). The molecule has 2 heteroatoms. The van der Waals surface area contributed by atoms with Gasteiger partial charge in [0.1, 0.15) is 5.75 Å². The van der Waals surface area contributed by atoms with Gasteiger partial charge in [0.25, 0.3) is 0 Å². The van der Waals surface area contributed by atoms with E-state index < -0.39 is 0 Å². The number of aliphatic hydroxyl groups is 1. The van der Waals surface area contributed by atoms with Crippen molar-refractivity contribution in [2.45, 2.75) is 26.9 Å². The summed E-state index contributed by atoms with van der Waals surface area (Å²) in [5.41, 5.74) is 2.91. The van der Waals surface area contributed by atoms with Gasteiger partial charge in [0.15, 0.2) is 0 Å². The predicted molar refractivity (Wildman–Crippen MR) is 57.2 cm³/mol. The van der Waals surface area contributed by atoms with Crippen LogP contribution in [-0.2, 0) is 13.0 Å². The van der Waals surface area contributed by atoms with Gasteiger partial charge in [-0.05, 0) is 43.5 Å². The first-order valence-corrected chi connectivity index (χ1v) is 4.68. The number of hydrogen-bond donors (Lipinski definition) is 2. The van der Waals surface area contributed by atoms with Crippen molar-refractivity contribution in [2.24, 2.45) is 0 Å². The summed E-state index contributed by atoms with van der Waals surface area (Å²) in [5.74, 6) is 0.291. The molecule has 2 nitrogen and oxygen atoms in total. The van der Waals surface area contributed by atoms with Gasteiger partial charge in [0.2, 0.25) is 0 Å². The van der Waals surface area contributed by atoms with Crippen LogP contribution in [0.4, 0.5) is 0 Å². The van der Waals surface area contributed by atoms with Crippen molar-refractivity contribution < 1.29 is 10.2 Å². The predicted octanol–water partition coefficient (Wildman–Crippen LogP) is 2.39. The average molecular weight is 192 g/mol. The van der Waals surface area contributed by atoms with Crippen molar-refractivity contribution in [1.82, 2.24) is 0 Å². The van der Waals surface area contributed by atoms with E-state index >= 15 is 0 Å². The van der Waals surface area contributed by atoms with Crippen LogP contribution in [0.15, 0.2) is 29.8 Å². The molecule has 0 aliphatic carbocycles. The lowest BCUT2D eigenvalue weighted by atomic mass is 10.1. The molecule has 0 saturated heterocycles. The van der Waals surface area contributed by atoms with Crippen molar-refractivity contribution in [3.63, 3.8) is 0 Å². The molecular formula is C12H16O2. The van der Waals surface area contributed by atoms with Crippen LogP contribution in [0.5, 0.6) is 5.75 Å². The molecule has 14 heavy (non-hydrogen) atoms.